The Bertz CT molecular complexity index is 603. The van der Waals surface area contributed by atoms with E-state index in [-0.39, 0.29) is 11.6 Å². The lowest BCUT2D eigenvalue weighted by atomic mass is 10.1. The summed E-state index contributed by atoms with van der Waals surface area (Å²) < 4.78 is 27.1. The Labute approximate surface area is 127 Å². The Balaban J connectivity index is 1.99. The van der Waals surface area contributed by atoms with Crippen LogP contribution in [0, 0.1) is 11.6 Å². The molecule has 2 N–H and O–H groups in total. The van der Waals surface area contributed by atoms with Crippen LogP contribution >= 0.6 is 11.6 Å². The molecule has 112 valence electrons. The van der Waals surface area contributed by atoms with Gasteiger partial charge in [0.2, 0.25) is 0 Å². The van der Waals surface area contributed by atoms with Gasteiger partial charge in [0.1, 0.15) is 0 Å². The van der Waals surface area contributed by atoms with E-state index in [0.717, 1.165) is 11.6 Å². The quantitative estimate of drug-likeness (QED) is 0.843. The molecule has 2 aromatic rings. The molecule has 0 amide bonds. The molecule has 0 saturated carbocycles. The molecule has 0 atom stereocenters. The van der Waals surface area contributed by atoms with Crippen molar-refractivity contribution in [2.24, 2.45) is 0 Å². The van der Waals surface area contributed by atoms with E-state index in [9.17, 15) is 8.78 Å². The Morgan fingerprint density at radius 2 is 1.67 bits per heavy atom. The molecule has 21 heavy (non-hydrogen) atoms. The maximum Gasteiger partial charge on any atom is 0.168 e. The monoisotopic (exact) mass is 311 g/mol. The zero-order valence-electron chi connectivity index (χ0n) is 11.6. The Morgan fingerprint density at radius 1 is 1.05 bits per heavy atom. The predicted molar refractivity (Wildman–Crippen MR) is 82.0 cm³/mol. The standard InChI is InChI=1S/C15H16ClF2N3/c1-2-19-14-12(17)9-13(18)15(21-14)20-8-7-10-3-5-11(16)6-4-10/h3-6,9H,2,7-8H2,1H3,(H2,19,20,21). The zero-order valence-corrected chi connectivity index (χ0v) is 12.3. The number of anilines is 2. The van der Waals surface area contributed by atoms with Gasteiger partial charge in [-0.2, -0.15) is 0 Å². The van der Waals surface area contributed by atoms with Gasteiger partial charge >= 0.3 is 0 Å². The van der Waals surface area contributed by atoms with Gasteiger partial charge in [-0.1, -0.05) is 23.7 Å². The first kappa shape index (κ1) is 15.5. The molecule has 0 aliphatic carbocycles. The summed E-state index contributed by atoms with van der Waals surface area (Å²) in [4.78, 5) is 3.91. The molecule has 0 aliphatic rings. The van der Waals surface area contributed by atoms with E-state index in [1.807, 2.05) is 19.1 Å². The first-order valence-electron chi connectivity index (χ1n) is 6.68. The Morgan fingerprint density at radius 3 is 2.29 bits per heavy atom. The molecule has 6 heteroatoms. The molecule has 1 aromatic heterocycles. The molecule has 0 unspecified atom stereocenters. The third-order valence-electron chi connectivity index (χ3n) is 2.89. The van der Waals surface area contributed by atoms with E-state index in [4.69, 9.17) is 11.6 Å². The maximum absolute atomic E-state index is 13.6. The minimum Gasteiger partial charge on any atom is -0.368 e. The number of halogens is 3. The summed E-state index contributed by atoms with van der Waals surface area (Å²) >= 11 is 5.81. The molecule has 0 bridgehead atoms. The Kier molecular flexibility index (Phi) is 5.33. The molecule has 0 aliphatic heterocycles. The topological polar surface area (TPSA) is 37.0 Å². The number of hydrogen-bond donors (Lipinski definition) is 2. The van der Waals surface area contributed by atoms with Gasteiger partial charge in [0.15, 0.2) is 23.3 Å². The summed E-state index contributed by atoms with van der Waals surface area (Å²) in [6.45, 7) is 2.82. The number of nitrogens with zero attached hydrogens (tertiary/aromatic N) is 1. The van der Waals surface area contributed by atoms with Crippen molar-refractivity contribution >= 4 is 23.2 Å². The molecule has 0 spiro atoms. The molecule has 3 nitrogen and oxygen atoms in total. The molecular formula is C15H16ClF2N3. The van der Waals surface area contributed by atoms with Crippen molar-refractivity contribution < 1.29 is 8.78 Å². The van der Waals surface area contributed by atoms with Crippen LogP contribution in [0.2, 0.25) is 5.02 Å². The fraction of sp³-hybridized carbons (Fsp3) is 0.267. The number of hydrogen-bond acceptors (Lipinski definition) is 3. The van der Waals surface area contributed by atoms with E-state index in [1.54, 1.807) is 12.1 Å². The van der Waals surface area contributed by atoms with E-state index in [0.29, 0.717) is 24.5 Å². The lowest BCUT2D eigenvalue weighted by Gasteiger charge is -2.10. The van der Waals surface area contributed by atoms with Crippen LogP contribution < -0.4 is 10.6 Å². The SMILES string of the molecule is CCNc1nc(NCCc2ccc(Cl)cc2)c(F)cc1F. The van der Waals surface area contributed by atoms with Gasteiger partial charge in [0.05, 0.1) is 0 Å². The molecule has 1 aromatic carbocycles. The van der Waals surface area contributed by atoms with Crippen LogP contribution in [-0.2, 0) is 6.42 Å². The van der Waals surface area contributed by atoms with Crippen LogP contribution in [0.5, 0.6) is 0 Å². The highest BCUT2D eigenvalue weighted by atomic mass is 35.5. The molecule has 0 radical (unpaired) electrons. The Hall–Kier alpha value is -1.88. The van der Waals surface area contributed by atoms with Crippen molar-refractivity contribution in [3.63, 3.8) is 0 Å². The van der Waals surface area contributed by atoms with E-state index < -0.39 is 11.6 Å². The molecule has 1 heterocycles. The second kappa shape index (κ2) is 7.22. The fourth-order valence-electron chi connectivity index (χ4n) is 1.86. The second-order valence-corrected chi connectivity index (χ2v) is 4.92. The number of pyridine rings is 1. The van der Waals surface area contributed by atoms with Crippen LogP contribution in [0.4, 0.5) is 20.4 Å². The van der Waals surface area contributed by atoms with Crippen molar-refractivity contribution in [2.75, 3.05) is 23.7 Å². The highest BCUT2D eigenvalue weighted by Crippen LogP contribution is 2.19. The van der Waals surface area contributed by atoms with Crippen LogP contribution in [-0.4, -0.2) is 18.1 Å². The smallest absolute Gasteiger partial charge is 0.168 e. The average molecular weight is 312 g/mol. The summed E-state index contributed by atoms with van der Waals surface area (Å²) in [6.07, 6.45) is 0.687. The lowest BCUT2D eigenvalue weighted by molar-refractivity contribution is 0.578. The van der Waals surface area contributed by atoms with Crippen molar-refractivity contribution in [1.29, 1.82) is 0 Å². The first-order valence-corrected chi connectivity index (χ1v) is 7.06. The third kappa shape index (κ3) is 4.29. The van der Waals surface area contributed by atoms with Crippen LogP contribution in [0.25, 0.3) is 0 Å². The summed E-state index contributed by atoms with van der Waals surface area (Å²) in [7, 11) is 0. The summed E-state index contributed by atoms with van der Waals surface area (Å²) in [5.41, 5.74) is 1.07. The summed E-state index contributed by atoms with van der Waals surface area (Å²) in [5.74, 6) is -1.31. The minimum absolute atomic E-state index is 0.0429. The predicted octanol–water partition coefficient (Wildman–Crippen LogP) is 4.10. The molecular weight excluding hydrogens is 296 g/mol. The van der Waals surface area contributed by atoms with Gasteiger partial charge in [0, 0.05) is 24.2 Å². The normalized spacial score (nSPS) is 10.5. The van der Waals surface area contributed by atoms with Crippen molar-refractivity contribution in [3.05, 3.63) is 52.6 Å². The highest BCUT2D eigenvalue weighted by molar-refractivity contribution is 6.30. The lowest BCUT2D eigenvalue weighted by Crippen LogP contribution is -2.11. The van der Waals surface area contributed by atoms with E-state index >= 15 is 0 Å². The molecule has 0 saturated heterocycles. The molecule has 2 rings (SSSR count). The van der Waals surface area contributed by atoms with Gasteiger partial charge in [-0.25, -0.2) is 13.8 Å². The van der Waals surface area contributed by atoms with Crippen molar-refractivity contribution in [3.8, 4) is 0 Å². The van der Waals surface area contributed by atoms with Crippen molar-refractivity contribution in [1.82, 2.24) is 4.98 Å². The zero-order chi connectivity index (χ0) is 15.2. The molecule has 0 fully saturated rings. The van der Waals surface area contributed by atoms with Crippen LogP contribution in [0.3, 0.4) is 0 Å². The summed E-state index contributed by atoms with van der Waals surface area (Å²) in [6, 6.07) is 8.24. The second-order valence-electron chi connectivity index (χ2n) is 4.48. The van der Waals surface area contributed by atoms with Gasteiger partial charge < -0.3 is 10.6 Å². The van der Waals surface area contributed by atoms with E-state index in [2.05, 4.69) is 15.6 Å². The number of benzene rings is 1. The van der Waals surface area contributed by atoms with Crippen LogP contribution in [0.15, 0.2) is 30.3 Å². The number of nitrogens with one attached hydrogen (secondary N) is 2. The first-order chi connectivity index (χ1) is 10.1. The van der Waals surface area contributed by atoms with Crippen molar-refractivity contribution in [2.45, 2.75) is 13.3 Å². The number of aromatic nitrogens is 1. The van der Waals surface area contributed by atoms with Gasteiger partial charge in [-0.05, 0) is 31.0 Å². The average Bonchev–Trinajstić information content (AvgIpc) is 2.46. The third-order valence-corrected chi connectivity index (χ3v) is 3.15. The largest absolute Gasteiger partial charge is 0.368 e. The maximum atomic E-state index is 13.6. The fourth-order valence-corrected chi connectivity index (χ4v) is 1.98. The minimum atomic E-state index is -0.703. The number of rotatable bonds is 6. The van der Waals surface area contributed by atoms with Gasteiger partial charge in [0.25, 0.3) is 0 Å². The summed E-state index contributed by atoms with van der Waals surface area (Å²) in [5, 5.41) is 6.30. The van der Waals surface area contributed by atoms with Gasteiger partial charge in [-0.15, -0.1) is 0 Å². The van der Waals surface area contributed by atoms with E-state index in [1.165, 1.54) is 0 Å². The highest BCUT2D eigenvalue weighted by Gasteiger charge is 2.10. The van der Waals surface area contributed by atoms with Gasteiger partial charge in [-0.3, -0.25) is 0 Å². The van der Waals surface area contributed by atoms with Crippen LogP contribution in [0.1, 0.15) is 12.5 Å².